The van der Waals surface area contributed by atoms with Crippen LogP contribution >= 0.6 is 0 Å². The Morgan fingerprint density at radius 1 is 1.22 bits per heavy atom. The van der Waals surface area contributed by atoms with Crippen molar-refractivity contribution in [1.82, 2.24) is 10.2 Å². The summed E-state index contributed by atoms with van der Waals surface area (Å²) in [4.78, 5) is 15.7. The minimum Gasteiger partial charge on any atom is -0.504 e. The minimum atomic E-state index is -0.963. The maximum atomic E-state index is 13.4. The van der Waals surface area contributed by atoms with Gasteiger partial charge < -0.3 is 24.6 Å². The Balaban J connectivity index is 1.38. The first-order valence-electron chi connectivity index (χ1n) is 13.5. The van der Waals surface area contributed by atoms with Crippen LogP contribution in [0.3, 0.4) is 0 Å². The number of carbonyl (C=O) groups excluding carboxylic acids is 1. The largest absolute Gasteiger partial charge is 0.504 e. The summed E-state index contributed by atoms with van der Waals surface area (Å²) in [7, 11) is 2.09. The number of likely N-dealkylation sites (tertiary alicyclic amines) is 1. The van der Waals surface area contributed by atoms with Gasteiger partial charge in [-0.2, -0.15) is 0 Å². The molecule has 0 unspecified atom stereocenters. The molecule has 6 rings (SSSR count). The zero-order chi connectivity index (χ0) is 26.2. The smallest absolute Gasteiger partial charge is 0.324 e. The molecule has 1 saturated heterocycles. The van der Waals surface area contributed by atoms with Gasteiger partial charge in [0.2, 0.25) is 0 Å². The van der Waals surface area contributed by atoms with Crippen molar-refractivity contribution in [3.05, 3.63) is 59.2 Å². The zero-order valence-electron chi connectivity index (χ0n) is 22.2. The maximum Gasteiger partial charge on any atom is 0.324 e. The number of carbonyl (C=O) groups is 1. The van der Waals surface area contributed by atoms with Crippen LogP contribution < -0.4 is 10.1 Å². The van der Waals surface area contributed by atoms with E-state index >= 15 is 0 Å². The predicted molar refractivity (Wildman–Crippen MR) is 140 cm³/mol. The molecule has 0 radical (unpaired) electrons. The van der Waals surface area contributed by atoms with Crippen LogP contribution in [-0.2, 0) is 27.8 Å². The fourth-order valence-corrected chi connectivity index (χ4v) is 7.62. The highest BCUT2D eigenvalue weighted by atomic mass is 16.6. The summed E-state index contributed by atoms with van der Waals surface area (Å²) in [5.74, 6) is 0.335. The van der Waals surface area contributed by atoms with E-state index in [1.807, 2.05) is 57.2 Å². The lowest BCUT2D eigenvalue weighted by Gasteiger charge is -2.63. The van der Waals surface area contributed by atoms with Crippen molar-refractivity contribution < 1.29 is 24.5 Å². The van der Waals surface area contributed by atoms with Gasteiger partial charge in [0, 0.05) is 17.6 Å². The second-order valence-corrected chi connectivity index (χ2v) is 12.4. The highest BCUT2D eigenvalue weighted by Crippen LogP contribution is 2.65. The Kier molecular flexibility index (Phi) is 5.64. The molecule has 198 valence electrons. The number of hydrogen-bond acceptors (Lipinski definition) is 7. The molecule has 0 amide bonds. The van der Waals surface area contributed by atoms with Crippen molar-refractivity contribution in [2.45, 2.75) is 93.7 Å². The third-order valence-electron chi connectivity index (χ3n) is 9.12. The average Bonchev–Trinajstić information content (AvgIpc) is 3.20. The van der Waals surface area contributed by atoms with Gasteiger partial charge in [-0.05, 0) is 83.7 Å². The molecule has 4 aliphatic rings. The minimum absolute atomic E-state index is 0.0118. The van der Waals surface area contributed by atoms with Crippen LogP contribution in [0.4, 0.5) is 0 Å². The van der Waals surface area contributed by atoms with E-state index in [1.165, 1.54) is 0 Å². The van der Waals surface area contributed by atoms with E-state index in [0.29, 0.717) is 25.0 Å². The van der Waals surface area contributed by atoms with E-state index in [0.717, 1.165) is 36.1 Å². The summed E-state index contributed by atoms with van der Waals surface area (Å²) in [6.45, 7) is 6.48. The molecule has 3 N–H and O–H groups in total. The van der Waals surface area contributed by atoms with Crippen molar-refractivity contribution in [2.75, 3.05) is 13.6 Å². The predicted octanol–water partition coefficient (Wildman–Crippen LogP) is 3.09. The summed E-state index contributed by atoms with van der Waals surface area (Å²) >= 11 is 0. The van der Waals surface area contributed by atoms with Gasteiger partial charge in [-0.25, -0.2) is 0 Å². The van der Waals surface area contributed by atoms with Crippen LogP contribution in [0.2, 0.25) is 0 Å². The van der Waals surface area contributed by atoms with Gasteiger partial charge in [0.15, 0.2) is 11.5 Å². The first kappa shape index (κ1) is 24.7. The number of piperidine rings is 1. The number of phenols is 1. The normalized spacial score (nSPS) is 32.8. The molecule has 6 atom stereocenters. The zero-order valence-corrected chi connectivity index (χ0v) is 22.2. The Morgan fingerprint density at radius 3 is 2.70 bits per heavy atom. The number of nitrogens with zero attached hydrogens (tertiary/aromatic N) is 1. The number of rotatable bonds is 5. The lowest BCUT2D eigenvalue weighted by Crippen LogP contribution is -2.78. The van der Waals surface area contributed by atoms with Crippen LogP contribution in [-0.4, -0.2) is 70.1 Å². The number of benzene rings is 2. The van der Waals surface area contributed by atoms with Crippen LogP contribution in [0.1, 0.15) is 56.7 Å². The van der Waals surface area contributed by atoms with Crippen molar-refractivity contribution in [1.29, 1.82) is 0 Å². The van der Waals surface area contributed by atoms with Gasteiger partial charge in [-0.15, -0.1) is 0 Å². The van der Waals surface area contributed by atoms with Gasteiger partial charge in [0.05, 0.1) is 11.0 Å². The standard InChI is InChI=1S/C30H38N2O5/c1-28(2,3)37-27(34)21(16-18-8-6-5-7-9-18)31-20-12-13-30(35)23-17-19-10-11-22(33)25-24(19)29(30,26(20)36-25)14-15-32(23)4/h5-11,20-21,23,26,31,33,35H,12-17H2,1-4H3/t20-,21+,23-,26+,29+,30-/m1/s1. The quantitative estimate of drug-likeness (QED) is 0.537. The third kappa shape index (κ3) is 3.69. The van der Waals surface area contributed by atoms with Gasteiger partial charge in [-0.3, -0.25) is 10.1 Å². The van der Waals surface area contributed by atoms with Crippen LogP contribution in [0.15, 0.2) is 42.5 Å². The average molecular weight is 507 g/mol. The Hall–Kier alpha value is -2.61. The Morgan fingerprint density at radius 2 is 1.97 bits per heavy atom. The number of likely N-dealkylation sites (N-methyl/N-ethyl adjacent to an activating group) is 1. The van der Waals surface area contributed by atoms with Crippen LogP contribution in [0.25, 0.3) is 0 Å². The summed E-state index contributed by atoms with van der Waals surface area (Å²) in [5, 5.41) is 26.8. The summed E-state index contributed by atoms with van der Waals surface area (Å²) < 4.78 is 12.4. The molecule has 7 nitrogen and oxygen atoms in total. The van der Waals surface area contributed by atoms with Gasteiger partial charge in [0.25, 0.3) is 0 Å². The Bertz CT molecular complexity index is 1210. The fourth-order valence-electron chi connectivity index (χ4n) is 7.62. The van der Waals surface area contributed by atoms with E-state index in [4.69, 9.17) is 9.47 Å². The van der Waals surface area contributed by atoms with Crippen LogP contribution in [0.5, 0.6) is 11.5 Å². The molecule has 2 aliphatic heterocycles. The molecule has 37 heavy (non-hydrogen) atoms. The van der Waals surface area contributed by atoms with E-state index in [9.17, 15) is 15.0 Å². The third-order valence-corrected chi connectivity index (χ3v) is 9.12. The molecule has 2 bridgehead atoms. The molecule has 0 aromatic heterocycles. The first-order valence-corrected chi connectivity index (χ1v) is 13.5. The van der Waals surface area contributed by atoms with Crippen molar-refractivity contribution in [3.8, 4) is 11.5 Å². The summed E-state index contributed by atoms with van der Waals surface area (Å²) in [6, 6.07) is 12.9. The number of nitrogens with one attached hydrogen (secondary N) is 1. The number of esters is 1. The van der Waals surface area contributed by atoms with Crippen molar-refractivity contribution in [2.24, 2.45) is 0 Å². The fraction of sp³-hybridized carbons (Fsp3) is 0.567. The molecular formula is C30H38N2O5. The number of aliphatic hydroxyl groups is 1. The second-order valence-electron chi connectivity index (χ2n) is 12.4. The van der Waals surface area contributed by atoms with E-state index < -0.39 is 28.8 Å². The molecule has 2 aromatic carbocycles. The summed E-state index contributed by atoms with van der Waals surface area (Å²) in [6.07, 6.45) is 2.82. The molecule has 1 spiro atoms. The number of aromatic hydroxyl groups is 1. The first-order chi connectivity index (χ1) is 17.5. The van der Waals surface area contributed by atoms with E-state index in [2.05, 4.69) is 17.3 Å². The number of ether oxygens (including phenoxy) is 2. The Labute approximate surface area is 218 Å². The van der Waals surface area contributed by atoms with Gasteiger partial charge in [0.1, 0.15) is 17.7 Å². The number of phenolic OH excluding ortho intramolecular Hbond substituents is 1. The lowest BCUT2D eigenvalue weighted by atomic mass is 9.48. The highest BCUT2D eigenvalue weighted by molar-refractivity contribution is 5.77. The SMILES string of the molecule is CN1CC[C@]23c4c5ccc(O)c4O[C@H]2[C@H](N[C@@H](Cc2ccccc2)C(=O)OC(C)(C)C)CC[C@@]3(O)[C@H]1C5. The molecular weight excluding hydrogens is 468 g/mol. The van der Waals surface area contributed by atoms with Gasteiger partial charge >= 0.3 is 5.97 Å². The maximum absolute atomic E-state index is 13.4. The van der Waals surface area contributed by atoms with Gasteiger partial charge in [-0.1, -0.05) is 36.4 Å². The highest BCUT2D eigenvalue weighted by Gasteiger charge is 2.72. The van der Waals surface area contributed by atoms with Crippen LogP contribution in [0, 0.1) is 0 Å². The van der Waals surface area contributed by atoms with Crippen molar-refractivity contribution >= 4 is 5.97 Å². The van der Waals surface area contributed by atoms with Crippen molar-refractivity contribution in [3.63, 3.8) is 0 Å². The molecule has 2 heterocycles. The molecule has 2 fully saturated rings. The lowest BCUT2D eigenvalue weighted by molar-refractivity contribution is -0.188. The topological polar surface area (TPSA) is 91.3 Å². The van der Waals surface area contributed by atoms with E-state index in [-0.39, 0.29) is 23.8 Å². The second kappa shape index (κ2) is 8.45. The monoisotopic (exact) mass is 506 g/mol. The van der Waals surface area contributed by atoms with E-state index in [1.54, 1.807) is 6.07 Å². The summed E-state index contributed by atoms with van der Waals surface area (Å²) in [5.41, 5.74) is 0.967. The number of hydrogen-bond donors (Lipinski definition) is 3. The molecule has 2 aliphatic carbocycles. The molecule has 2 aromatic rings. The molecule has 1 saturated carbocycles. The molecule has 7 heteroatoms.